The van der Waals surface area contributed by atoms with E-state index >= 15 is 0 Å². The van der Waals surface area contributed by atoms with Gasteiger partial charge >= 0.3 is 0 Å². The zero-order valence-corrected chi connectivity index (χ0v) is 16.3. The molecular weight excluding hydrogens is 326 g/mol. The van der Waals surface area contributed by atoms with Crippen molar-refractivity contribution >= 4 is 11.6 Å². The van der Waals surface area contributed by atoms with Crippen molar-refractivity contribution < 1.29 is 4.79 Å². The van der Waals surface area contributed by atoms with Crippen LogP contribution < -0.4 is 10.9 Å². The molecule has 26 heavy (non-hydrogen) atoms. The summed E-state index contributed by atoms with van der Waals surface area (Å²) in [6.45, 7) is 10.1. The Morgan fingerprint density at radius 3 is 2.38 bits per heavy atom. The van der Waals surface area contributed by atoms with Crippen LogP contribution in [0.3, 0.4) is 0 Å². The number of hydrogen-bond acceptors (Lipinski definition) is 2. The Labute approximate surface area is 154 Å². The van der Waals surface area contributed by atoms with Gasteiger partial charge in [-0.05, 0) is 44.2 Å². The number of carbonyl (C=O) groups is 1. The summed E-state index contributed by atoms with van der Waals surface area (Å²) in [5.74, 6) is 0.0259. The maximum Gasteiger partial charge on any atom is 0.295 e. The number of allylic oxidation sites excluding steroid dienone is 2. The van der Waals surface area contributed by atoms with Crippen molar-refractivity contribution in [1.29, 1.82) is 0 Å². The molecule has 1 saturated carbocycles. The number of amides is 1. The van der Waals surface area contributed by atoms with Crippen molar-refractivity contribution in [1.82, 2.24) is 9.36 Å². The minimum Gasteiger partial charge on any atom is -0.320 e. The number of benzene rings is 1. The molecule has 1 fully saturated rings. The van der Waals surface area contributed by atoms with E-state index in [2.05, 4.69) is 25.2 Å². The van der Waals surface area contributed by atoms with E-state index in [0.29, 0.717) is 5.69 Å². The number of nitrogens with one attached hydrogen (secondary N) is 1. The smallest absolute Gasteiger partial charge is 0.295 e. The van der Waals surface area contributed by atoms with Gasteiger partial charge in [0.05, 0.1) is 17.3 Å². The molecule has 5 heteroatoms. The molecule has 0 unspecified atom stereocenters. The lowest BCUT2D eigenvalue weighted by Gasteiger charge is -2.07. The van der Waals surface area contributed by atoms with Crippen molar-refractivity contribution in [2.45, 2.75) is 34.6 Å². The summed E-state index contributed by atoms with van der Waals surface area (Å²) in [6, 6.07) is 9.44. The molecule has 1 aromatic heterocycles. The molecule has 1 aliphatic carbocycles. The highest BCUT2D eigenvalue weighted by Gasteiger charge is 2.60. The lowest BCUT2D eigenvalue weighted by molar-refractivity contribution is -0.118. The van der Waals surface area contributed by atoms with Gasteiger partial charge in [-0.2, -0.15) is 0 Å². The molecule has 1 aliphatic rings. The van der Waals surface area contributed by atoms with Crippen LogP contribution in [0.1, 0.15) is 33.4 Å². The van der Waals surface area contributed by atoms with Crippen LogP contribution in [-0.2, 0) is 11.8 Å². The van der Waals surface area contributed by atoms with Gasteiger partial charge in [-0.25, -0.2) is 4.68 Å². The van der Waals surface area contributed by atoms with Crippen molar-refractivity contribution in [3.8, 4) is 5.69 Å². The Kier molecular flexibility index (Phi) is 4.42. The maximum absolute atomic E-state index is 12.9. The molecule has 1 heterocycles. The minimum absolute atomic E-state index is 0.0801. The quantitative estimate of drug-likeness (QED) is 0.853. The molecule has 5 nitrogen and oxygen atoms in total. The average Bonchev–Trinajstić information content (AvgIpc) is 3.04. The van der Waals surface area contributed by atoms with Gasteiger partial charge in [0, 0.05) is 7.05 Å². The lowest BCUT2D eigenvalue weighted by atomic mass is 10.1. The number of para-hydroxylation sites is 1. The van der Waals surface area contributed by atoms with Crippen LogP contribution >= 0.6 is 0 Å². The van der Waals surface area contributed by atoms with Crippen molar-refractivity contribution in [2.24, 2.45) is 24.3 Å². The highest BCUT2D eigenvalue weighted by Crippen LogP contribution is 2.59. The molecule has 0 radical (unpaired) electrons. The lowest BCUT2D eigenvalue weighted by Crippen LogP contribution is -2.24. The van der Waals surface area contributed by atoms with E-state index in [9.17, 15) is 9.59 Å². The van der Waals surface area contributed by atoms with Gasteiger partial charge < -0.3 is 5.32 Å². The molecule has 0 saturated heterocycles. The Morgan fingerprint density at radius 1 is 1.19 bits per heavy atom. The van der Waals surface area contributed by atoms with Crippen LogP contribution in [-0.4, -0.2) is 15.3 Å². The van der Waals surface area contributed by atoms with Gasteiger partial charge in [-0.1, -0.05) is 43.7 Å². The highest BCUT2D eigenvalue weighted by molar-refractivity contribution is 5.96. The Morgan fingerprint density at radius 2 is 1.81 bits per heavy atom. The molecular formula is C21H27N3O2. The fourth-order valence-corrected chi connectivity index (χ4v) is 3.76. The van der Waals surface area contributed by atoms with E-state index in [1.54, 1.807) is 9.36 Å². The SMILES string of the molecule is CC(C)=C[C@H]1[C@@H](C(=O)Nc2c(C)n(C)n(-c3ccccc3)c2=O)C1(C)C. The van der Waals surface area contributed by atoms with Gasteiger partial charge in [0.1, 0.15) is 5.69 Å². The van der Waals surface area contributed by atoms with E-state index in [1.165, 1.54) is 5.57 Å². The number of anilines is 1. The summed E-state index contributed by atoms with van der Waals surface area (Å²) in [5.41, 5.74) is 2.80. The fraction of sp³-hybridized carbons (Fsp3) is 0.429. The third-order valence-corrected chi connectivity index (χ3v) is 5.51. The van der Waals surface area contributed by atoms with Crippen LogP contribution in [0.15, 0.2) is 46.8 Å². The molecule has 3 rings (SSSR count). The van der Waals surface area contributed by atoms with Crippen molar-refractivity contribution in [2.75, 3.05) is 5.32 Å². The van der Waals surface area contributed by atoms with E-state index in [0.717, 1.165) is 11.4 Å². The molecule has 0 bridgehead atoms. The summed E-state index contributed by atoms with van der Waals surface area (Å²) in [4.78, 5) is 25.8. The van der Waals surface area contributed by atoms with Gasteiger partial charge in [-0.3, -0.25) is 14.3 Å². The highest BCUT2D eigenvalue weighted by atomic mass is 16.2. The zero-order chi connectivity index (χ0) is 19.2. The van der Waals surface area contributed by atoms with Crippen LogP contribution in [0.25, 0.3) is 5.69 Å². The second-order valence-corrected chi connectivity index (χ2v) is 7.99. The summed E-state index contributed by atoms with van der Waals surface area (Å²) >= 11 is 0. The van der Waals surface area contributed by atoms with E-state index in [-0.39, 0.29) is 28.7 Å². The first kappa shape index (κ1) is 18.2. The monoisotopic (exact) mass is 353 g/mol. The Hall–Kier alpha value is -2.56. The van der Waals surface area contributed by atoms with Crippen LogP contribution in [0.4, 0.5) is 5.69 Å². The predicted octanol–water partition coefficient (Wildman–Crippen LogP) is 3.66. The first-order valence-electron chi connectivity index (χ1n) is 8.96. The van der Waals surface area contributed by atoms with E-state index in [4.69, 9.17) is 0 Å². The van der Waals surface area contributed by atoms with Crippen LogP contribution in [0, 0.1) is 24.2 Å². The number of carbonyl (C=O) groups excluding carboxylic acids is 1. The molecule has 0 spiro atoms. The second kappa shape index (κ2) is 6.31. The molecule has 1 N–H and O–H groups in total. The maximum atomic E-state index is 12.9. The summed E-state index contributed by atoms with van der Waals surface area (Å²) in [5, 5.41) is 2.91. The fourth-order valence-electron chi connectivity index (χ4n) is 3.76. The van der Waals surface area contributed by atoms with E-state index in [1.807, 2.05) is 58.2 Å². The van der Waals surface area contributed by atoms with Gasteiger partial charge in [0.2, 0.25) is 5.91 Å². The minimum atomic E-state index is -0.207. The number of nitrogens with zero attached hydrogens (tertiary/aromatic N) is 2. The average molecular weight is 353 g/mol. The third kappa shape index (κ3) is 2.91. The number of hydrogen-bond donors (Lipinski definition) is 1. The van der Waals surface area contributed by atoms with E-state index < -0.39 is 0 Å². The van der Waals surface area contributed by atoms with Crippen LogP contribution in [0.5, 0.6) is 0 Å². The van der Waals surface area contributed by atoms with Crippen molar-refractivity contribution in [3.05, 3.63) is 58.0 Å². The largest absolute Gasteiger partial charge is 0.320 e. The molecule has 2 aromatic rings. The van der Waals surface area contributed by atoms with Gasteiger partial charge in [0.25, 0.3) is 5.56 Å². The first-order valence-corrected chi connectivity index (χ1v) is 8.96. The second-order valence-electron chi connectivity index (χ2n) is 7.99. The molecule has 1 aromatic carbocycles. The predicted molar refractivity (Wildman–Crippen MR) is 105 cm³/mol. The third-order valence-electron chi connectivity index (χ3n) is 5.51. The first-order chi connectivity index (χ1) is 12.2. The number of aromatic nitrogens is 2. The topological polar surface area (TPSA) is 56.0 Å². The summed E-state index contributed by atoms with van der Waals surface area (Å²) < 4.78 is 3.36. The molecule has 0 aliphatic heterocycles. The van der Waals surface area contributed by atoms with Crippen LogP contribution in [0.2, 0.25) is 0 Å². The van der Waals surface area contributed by atoms with Crippen molar-refractivity contribution in [3.63, 3.8) is 0 Å². The van der Waals surface area contributed by atoms with Gasteiger partial charge in [0.15, 0.2) is 0 Å². The normalized spacial score (nSPS) is 20.5. The molecule has 1 amide bonds. The summed E-state index contributed by atoms with van der Waals surface area (Å²) in [6.07, 6.45) is 2.16. The van der Waals surface area contributed by atoms with Gasteiger partial charge in [-0.15, -0.1) is 0 Å². The summed E-state index contributed by atoms with van der Waals surface area (Å²) in [7, 11) is 1.83. The molecule has 138 valence electrons. The Bertz CT molecular complexity index is 928. The Balaban J connectivity index is 1.92. The number of rotatable bonds is 4. The standard InChI is InChI=1S/C21H27N3O2/c1-13(2)12-16-17(21(16,4)5)19(25)22-18-14(3)23(6)24(20(18)26)15-10-8-7-9-11-15/h7-12,16-17H,1-6H3,(H,22,25)/t16-,17-/m0/s1. The zero-order valence-electron chi connectivity index (χ0n) is 16.3. The molecule has 2 atom stereocenters.